The van der Waals surface area contributed by atoms with Crippen LogP contribution in [0.15, 0.2) is 71.4 Å². The van der Waals surface area contributed by atoms with Gasteiger partial charge in [-0.2, -0.15) is 8.78 Å². The second-order valence-corrected chi connectivity index (χ2v) is 5.68. The van der Waals surface area contributed by atoms with E-state index in [0.717, 1.165) is 24.5 Å². The van der Waals surface area contributed by atoms with E-state index in [1.807, 2.05) is 0 Å². The van der Waals surface area contributed by atoms with E-state index < -0.39 is 22.8 Å². The van der Waals surface area contributed by atoms with Crippen molar-refractivity contribution in [1.29, 1.82) is 0 Å². The van der Waals surface area contributed by atoms with Crippen LogP contribution >= 0.6 is 0 Å². The van der Waals surface area contributed by atoms with E-state index in [0.29, 0.717) is 21.9 Å². The predicted octanol–water partition coefficient (Wildman–Crippen LogP) is 4.60. The number of carbonyl (C=O) groups is 1. The molecule has 0 spiro atoms. The van der Waals surface area contributed by atoms with Gasteiger partial charge in [-0.3, -0.25) is 15.0 Å². The van der Waals surface area contributed by atoms with Gasteiger partial charge in [0, 0.05) is 23.2 Å². The van der Waals surface area contributed by atoms with Crippen molar-refractivity contribution in [3.8, 4) is 0 Å². The molecular weight excluding hydrogens is 358 g/mol. The van der Waals surface area contributed by atoms with Crippen molar-refractivity contribution in [2.45, 2.75) is 6.11 Å². The number of nitrogens with zero attached hydrogens (tertiary/aromatic N) is 2. The van der Waals surface area contributed by atoms with Gasteiger partial charge in [-0.05, 0) is 30.3 Å². The number of carbonyl (C=O) groups excluding carboxylic acids is 1. The minimum absolute atomic E-state index is 0.0991. The average molecular weight is 369 g/mol. The Bertz CT molecular complexity index is 1130. The Morgan fingerprint density at radius 1 is 1.04 bits per heavy atom. The van der Waals surface area contributed by atoms with Crippen molar-refractivity contribution < 1.29 is 22.8 Å². The highest BCUT2D eigenvalue weighted by molar-refractivity contribution is 6.16. The van der Waals surface area contributed by atoms with Crippen molar-refractivity contribution in [2.24, 2.45) is 0 Å². The third-order valence-corrected chi connectivity index (χ3v) is 4.01. The fourth-order valence-electron chi connectivity index (χ4n) is 2.80. The van der Waals surface area contributed by atoms with Gasteiger partial charge < -0.3 is 9.62 Å². The zero-order chi connectivity index (χ0) is 19.0. The van der Waals surface area contributed by atoms with Gasteiger partial charge in [0.25, 0.3) is 5.91 Å². The van der Waals surface area contributed by atoms with Gasteiger partial charge in [-0.15, -0.1) is 0 Å². The molecule has 136 valence electrons. The summed E-state index contributed by atoms with van der Waals surface area (Å²) in [6.07, 6.45) is -1.74. The number of halogens is 2. The molecule has 0 aliphatic heterocycles. The summed E-state index contributed by atoms with van der Waals surface area (Å²) in [6.45, 7) is 0. The molecule has 0 unspecified atom stereocenters. The Hall–Kier alpha value is -3.36. The first-order chi connectivity index (χ1) is 13.0. The Labute approximate surface area is 151 Å². The number of hydroxylamine groups is 2. The fourth-order valence-corrected chi connectivity index (χ4v) is 2.80. The lowest BCUT2D eigenvalue weighted by atomic mass is 10.1. The second kappa shape index (κ2) is 6.42. The smallest absolute Gasteiger partial charge is 0.402 e. The van der Waals surface area contributed by atoms with Crippen LogP contribution in [0.25, 0.3) is 21.9 Å². The van der Waals surface area contributed by atoms with E-state index in [9.17, 15) is 18.8 Å². The summed E-state index contributed by atoms with van der Waals surface area (Å²) in [6, 6.07) is 13.3. The molecule has 0 saturated heterocycles. The van der Waals surface area contributed by atoms with Crippen molar-refractivity contribution in [1.82, 2.24) is 10.2 Å². The molecule has 4 aromatic rings. The molecule has 0 aliphatic carbocycles. The number of furan rings is 1. The number of para-hydroxylation sites is 1. The molecule has 0 radical (unpaired) electrons. The van der Waals surface area contributed by atoms with Crippen LogP contribution in [0.1, 0.15) is 15.9 Å². The maximum Gasteiger partial charge on any atom is 0.402 e. The van der Waals surface area contributed by atoms with Gasteiger partial charge >= 0.3 is 6.11 Å². The molecule has 0 N–H and O–H groups in total. The number of amides is 1. The molecule has 4 rings (SSSR count). The third kappa shape index (κ3) is 3.01. The first-order valence-electron chi connectivity index (χ1n) is 7.86. The van der Waals surface area contributed by atoms with Crippen molar-refractivity contribution in [3.05, 3.63) is 83.3 Å². The van der Waals surface area contributed by atoms with Crippen LogP contribution in [0.3, 0.4) is 0 Å². The number of rotatable bonds is 4. The van der Waals surface area contributed by atoms with Gasteiger partial charge in [0.2, 0.25) is 0 Å². The minimum atomic E-state index is -3.99. The molecule has 0 aliphatic rings. The van der Waals surface area contributed by atoms with Crippen LogP contribution < -0.4 is 0 Å². The number of pyridine rings is 1. The molecule has 2 aromatic carbocycles. The lowest BCUT2D eigenvalue weighted by molar-refractivity contribution is -0.330. The van der Waals surface area contributed by atoms with E-state index in [1.165, 1.54) is 12.1 Å². The lowest BCUT2D eigenvalue weighted by Crippen LogP contribution is -2.33. The van der Waals surface area contributed by atoms with Gasteiger partial charge in [-0.1, -0.05) is 24.3 Å². The number of benzene rings is 2. The average Bonchev–Trinajstić information content (AvgIpc) is 3.06. The monoisotopic (exact) mass is 369 g/mol. The SMILES string of the molecule is O=C(c1cccc2oc3ccccc3c12)N([O-])OC(F)(F)c1ccncc1. The third-order valence-electron chi connectivity index (χ3n) is 4.01. The van der Waals surface area contributed by atoms with Crippen LogP contribution in [0.4, 0.5) is 8.78 Å². The summed E-state index contributed by atoms with van der Waals surface area (Å²) in [5.41, 5.74) is 0.167. The molecule has 2 heterocycles. The van der Waals surface area contributed by atoms with Crippen LogP contribution in [-0.2, 0) is 10.9 Å². The highest BCUT2D eigenvalue weighted by Gasteiger charge is 2.36. The van der Waals surface area contributed by atoms with Crippen LogP contribution in [0.5, 0.6) is 0 Å². The van der Waals surface area contributed by atoms with Gasteiger partial charge in [0.05, 0.1) is 11.1 Å². The fraction of sp³-hybridized carbons (Fsp3) is 0.0526. The molecule has 6 nitrogen and oxygen atoms in total. The number of aromatic nitrogens is 1. The van der Waals surface area contributed by atoms with Crippen molar-refractivity contribution in [2.75, 3.05) is 0 Å². The van der Waals surface area contributed by atoms with E-state index in [2.05, 4.69) is 9.82 Å². The molecule has 0 bridgehead atoms. The summed E-state index contributed by atoms with van der Waals surface area (Å²) in [5.74, 6) is -1.26. The quantitative estimate of drug-likeness (QED) is 0.491. The number of hydrogen-bond acceptors (Lipinski definition) is 5. The zero-order valence-corrected chi connectivity index (χ0v) is 13.6. The molecule has 0 fully saturated rings. The molecule has 8 heteroatoms. The molecule has 0 saturated carbocycles. The van der Waals surface area contributed by atoms with E-state index in [4.69, 9.17) is 4.42 Å². The number of alkyl halides is 2. The van der Waals surface area contributed by atoms with Crippen molar-refractivity contribution >= 4 is 27.8 Å². The first kappa shape index (κ1) is 17.1. The second-order valence-electron chi connectivity index (χ2n) is 5.68. The summed E-state index contributed by atoms with van der Waals surface area (Å²) < 4.78 is 33.9. The molecule has 0 atom stereocenters. The normalized spacial score (nSPS) is 11.8. The van der Waals surface area contributed by atoms with Gasteiger partial charge in [0.15, 0.2) is 0 Å². The Morgan fingerprint density at radius 2 is 1.74 bits per heavy atom. The predicted molar refractivity (Wildman–Crippen MR) is 92.5 cm³/mol. The maximum atomic E-state index is 14.1. The van der Waals surface area contributed by atoms with Crippen LogP contribution in [-0.4, -0.2) is 16.1 Å². The summed E-state index contributed by atoms with van der Waals surface area (Å²) in [7, 11) is 0. The summed E-state index contributed by atoms with van der Waals surface area (Å²) in [4.78, 5) is 20.2. The van der Waals surface area contributed by atoms with E-state index in [-0.39, 0.29) is 5.56 Å². The van der Waals surface area contributed by atoms with Crippen LogP contribution in [0.2, 0.25) is 0 Å². The largest absolute Gasteiger partial charge is 0.731 e. The first-order valence-corrected chi connectivity index (χ1v) is 7.86. The Morgan fingerprint density at radius 3 is 2.52 bits per heavy atom. The van der Waals surface area contributed by atoms with Crippen molar-refractivity contribution in [3.63, 3.8) is 0 Å². The highest BCUT2D eigenvalue weighted by atomic mass is 19.3. The standard InChI is InChI=1S/C19H11F2N2O4/c20-19(21,12-8-10-22-11-9-12)27-23(25)18(24)14-5-3-7-16-17(14)13-4-1-2-6-15(13)26-16/h1-11H/q-1. The summed E-state index contributed by atoms with van der Waals surface area (Å²) in [5, 5.41) is 12.3. The maximum absolute atomic E-state index is 14.1. The number of hydrogen-bond donors (Lipinski definition) is 0. The molecule has 1 amide bonds. The Balaban J connectivity index is 1.70. The van der Waals surface area contributed by atoms with E-state index >= 15 is 0 Å². The molecule has 2 aromatic heterocycles. The summed E-state index contributed by atoms with van der Waals surface area (Å²) >= 11 is 0. The zero-order valence-electron chi connectivity index (χ0n) is 13.6. The topological polar surface area (TPSA) is 78.6 Å². The number of fused-ring (bicyclic) bond motifs is 3. The lowest BCUT2D eigenvalue weighted by Gasteiger charge is -2.30. The Kier molecular flexibility index (Phi) is 4.06. The van der Waals surface area contributed by atoms with Gasteiger partial charge in [0.1, 0.15) is 11.2 Å². The highest BCUT2D eigenvalue weighted by Crippen LogP contribution is 2.33. The van der Waals surface area contributed by atoms with E-state index in [1.54, 1.807) is 30.3 Å². The minimum Gasteiger partial charge on any atom is -0.731 e. The van der Waals surface area contributed by atoms with Gasteiger partial charge in [-0.25, -0.2) is 4.84 Å². The molecule has 27 heavy (non-hydrogen) atoms. The molecular formula is C19H11F2N2O4-. The van der Waals surface area contributed by atoms with Crippen LogP contribution in [0, 0.1) is 5.21 Å².